The van der Waals surface area contributed by atoms with Crippen LogP contribution < -0.4 is 20.1 Å². The number of hydrogen-bond acceptors (Lipinski definition) is 7. The molecule has 1 aromatic heterocycles. The normalized spacial score (nSPS) is 14.5. The molecular formula is C26H35N5O5. The van der Waals surface area contributed by atoms with Crippen molar-refractivity contribution in [3.05, 3.63) is 47.8 Å². The van der Waals surface area contributed by atoms with Crippen molar-refractivity contribution in [2.24, 2.45) is 5.92 Å². The van der Waals surface area contributed by atoms with Gasteiger partial charge in [0.1, 0.15) is 17.2 Å². The van der Waals surface area contributed by atoms with Gasteiger partial charge in [0.15, 0.2) is 5.69 Å². The molecule has 0 bridgehead atoms. The molecule has 2 amide bonds. The van der Waals surface area contributed by atoms with Crippen LogP contribution in [0, 0.1) is 5.92 Å². The van der Waals surface area contributed by atoms with E-state index in [4.69, 9.17) is 9.47 Å². The van der Waals surface area contributed by atoms with Crippen LogP contribution in [-0.2, 0) is 11.2 Å². The Morgan fingerprint density at radius 3 is 2.69 bits per heavy atom. The van der Waals surface area contributed by atoms with Gasteiger partial charge in [-0.15, -0.1) is 5.10 Å². The van der Waals surface area contributed by atoms with Gasteiger partial charge in [0.05, 0.1) is 31.0 Å². The fraction of sp³-hybridized carbons (Fsp3) is 0.462. The molecule has 1 unspecified atom stereocenters. The van der Waals surface area contributed by atoms with Crippen LogP contribution in [0.25, 0.3) is 5.70 Å². The number of nitrogens with zero attached hydrogens (tertiary/aromatic N) is 3. The number of carbonyl (C=O) groups is 2. The van der Waals surface area contributed by atoms with Gasteiger partial charge in [-0.1, -0.05) is 24.3 Å². The minimum Gasteiger partial charge on any atom is -0.508 e. The van der Waals surface area contributed by atoms with E-state index in [1.54, 1.807) is 16.8 Å². The molecule has 3 rings (SSSR count). The maximum absolute atomic E-state index is 12.8. The molecule has 1 saturated carbocycles. The summed E-state index contributed by atoms with van der Waals surface area (Å²) in [6, 6.07) is 4.90. The van der Waals surface area contributed by atoms with E-state index in [0.29, 0.717) is 48.9 Å². The van der Waals surface area contributed by atoms with E-state index in [1.807, 2.05) is 32.9 Å². The highest BCUT2D eigenvalue weighted by Gasteiger charge is 2.27. The van der Waals surface area contributed by atoms with E-state index in [1.165, 1.54) is 19.2 Å². The van der Waals surface area contributed by atoms with Gasteiger partial charge in [-0.25, -0.2) is 4.68 Å². The van der Waals surface area contributed by atoms with E-state index in [0.717, 1.165) is 12.8 Å². The summed E-state index contributed by atoms with van der Waals surface area (Å²) in [5.74, 6) is 0.411. The summed E-state index contributed by atoms with van der Waals surface area (Å²) in [6.07, 6.45) is 8.47. The number of methoxy groups -OCH3 is 1. The van der Waals surface area contributed by atoms with E-state index in [-0.39, 0.29) is 35.2 Å². The molecule has 1 aliphatic rings. The number of phenolic OH excluding ortho intramolecular Hbond substituents is 1. The molecule has 2 aromatic rings. The molecule has 10 nitrogen and oxygen atoms in total. The molecule has 0 aliphatic heterocycles. The smallest absolute Gasteiger partial charge is 0.273 e. The van der Waals surface area contributed by atoms with Crippen LogP contribution in [0.3, 0.4) is 0 Å². The van der Waals surface area contributed by atoms with Gasteiger partial charge >= 0.3 is 0 Å². The summed E-state index contributed by atoms with van der Waals surface area (Å²) in [7, 11) is 1.52. The first-order valence-electron chi connectivity index (χ1n) is 12.2. The van der Waals surface area contributed by atoms with E-state index < -0.39 is 0 Å². The van der Waals surface area contributed by atoms with Crippen molar-refractivity contribution in [2.45, 2.75) is 52.5 Å². The lowest BCUT2D eigenvalue weighted by Gasteiger charge is -2.11. The number of ether oxygens (including phenoxy) is 2. The Balaban J connectivity index is 1.75. The fourth-order valence-electron chi connectivity index (χ4n) is 3.53. The summed E-state index contributed by atoms with van der Waals surface area (Å²) in [5, 5.41) is 24.1. The van der Waals surface area contributed by atoms with Crippen molar-refractivity contribution < 1.29 is 24.2 Å². The largest absolute Gasteiger partial charge is 0.508 e. The second kappa shape index (κ2) is 12.8. The number of allylic oxidation sites excluding steroid dienone is 3. The number of phenols is 1. The second-order valence-electron chi connectivity index (χ2n) is 8.62. The van der Waals surface area contributed by atoms with Gasteiger partial charge in [0.25, 0.3) is 5.91 Å². The summed E-state index contributed by atoms with van der Waals surface area (Å²) in [6.45, 7) is 6.47. The monoisotopic (exact) mass is 497 g/mol. The van der Waals surface area contributed by atoms with Crippen LogP contribution in [0.2, 0.25) is 0 Å². The average molecular weight is 498 g/mol. The predicted molar refractivity (Wildman–Crippen MR) is 136 cm³/mol. The van der Waals surface area contributed by atoms with Gasteiger partial charge in [0.2, 0.25) is 5.91 Å². The highest BCUT2D eigenvalue weighted by Crippen LogP contribution is 2.27. The second-order valence-corrected chi connectivity index (χ2v) is 8.62. The zero-order valence-electron chi connectivity index (χ0n) is 21.3. The standard InChI is InChI=1S/C26H35N5O5/c1-5-19(12-9-17(3)25(33)27-6-2)31-23(24(29-30-31)26(34)28-18-10-11-18)8-7-13-36-22-15-20(32)14-21(16-22)35-4/h5,9,12,14-18,32H,6-8,10-11,13H2,1-4H3,(H,27,33)(H,28,34)/b12-9-,19-5+. The maximum atomic E-state index is 12.8. The number of nitrogens with one attached hydrogen (secondary N) is 2. The van der Waals surface area contributed by atoms with Crippen LogP contribution in [-0.4, -0.2) is 58.2 Å². The molecule has 10 heteroatoms. The van der Waals surface area contributed by atoms with Crippen LogP contribution in [0.1, 0.15) is 56.2 Å². The zero-order chi connectivity index (χ0) is 26.1. The summed E-state index contributed by atoms with van der Waals surface area (Å²) in [4.78, 5) is 24.9. The molecule has 1 aromatic carbocycles. The van der Waals surface area contributed by atoms with Gasteiger partial charge < -0.3 is 25.2 Å². The van der Waals surface area contributed by atoms with Crippen molar-refractivity contribution >= 4 is 17.5 Å². The summed E-state index contributed by atoms with van der Waals surface area (Å²) in [5.41, 5.74) is 1.65. The van der Waals surface area contributed by atoms with E-state index in [9.17, 15) is 14.7 Å². The van der Waals surface area contributed by atoms with Gasteiger partial charge in [-0.05, 0) is 45.6 Å². The Bertz CT molecular complexity index is 1120. The van der Waals surface area contributed by atoms with Crippen molar-refractivity contribution in [2.75, 3.05) is 20.3 Å². The third-order valence-corrected chi connectivity index (χ3v) is 5.68. The molecule has 0 saturated heterocycles. The first-order valence-corrected chi connectivity index (χ1v) is 12.2. The minimum atomic E-state index is -0.322. The van der Waals surface area contributed by atoms with Crippen molar-refractivity contribution in [1.82, 2.24) is 25.6 Å². The van der Waals surface area contributed by atoms with Crippen LogP contribution in [0.5, 0.6) is 17.2 Å². The lowest BCUT2D eigenvalue weighted by atomic mass is 10.1. The maximum Gasteiger partial charge on any atom is 0.273 e. The molecule has 1 atom stereocenters. The third kappa shape index (κ3) is 7.34. The number of rotatable bonds is 13. The van der Waals surface area contributed by atoms with Crippen molar-refractivity contribution in [1.29, 1.82) is 0 Å². The molecule has 36 heavy (non-hydrogen) atoms. The topological polar surface area (TPSA) is 128 Å². The Morgan fingerprint density at radius 1 is 1.28 bits per heavy atom. The van der Waals surface area contributed by atoms with Gasteiger partial charge in [-0.3, -0.25) is 9.59 Å². The number of aromatic nitrogens is 3. The predicted octanol–water partition coefficient (Wildman–Crippen LogP) is 3.09. The zero-order valence-corrected chi connectivity index (χ0v) is 21.3. The summed E-state index contributed by atoms with van der Waals surface area (Å²) < 4.78 is 12.6. The first-order chi connectivity index (χ1) is 17.4. The average Bonchev–Trinajstić information content (AvgIpc) is 3.58. The number of benzene rings is 1. The molecule has 1 aliphatic carbocycles. The van der Waals surface area contributed by atoms with Crippen molar-refractivity contribution in [3.63, 3.8) is 0 Å². The molecule has 1 heterocycles. The molecule has 1 fully saturated rings. The van der Waals surface area contributed by atoms with E-state index >= 15 is 0 Å². The lowest BCUT2D eigenvalue weighted by molar-refractivity contribution is -0.123. The molecule has 0 radical (unpaired) electrons. The van der Waals surface area contributed by atoms with Gasteiger partial charge in [0, 0.05) is 30.8 Å². The van der Waals surface area contributed by atoms with Crippen molar-refractivity contribution in [3.8, 4) is 17.2 Å². The molecule has 0 spiro atoms. The Hall–Kier alpha value is -3.82. The summed E-state index contributed by atoms with van der Waals surface area (Å²) >= 11 is 0. The number of hydrogen-bond donors (Lipinski definition) is 3. The van der Waals surface area contributed by atoms with Crippen LogP contribution in [0.15, 0.2) is 36.4 Å². The minimum absolute atomic E-state index is 0.0528. The van der Waals surface area contributed by atoms with Crippen LogP contribution in [0.4, 0.5) is 0 Å². The molecular weight excluding hydrogens is 462 g/mol. The Labute approximate surface area is 211 Å². The van der Waals surface area contributed by atoms with Gasteiger partial charge in [-0.2, -0.15) is 0 Å². The van der Waals surface area contributed by atoms with E-state index in [2.05, 4.69) is 20.9 Å². The Morgan fingerprint density at radius 2 is 2.03 bits per heavy atom. The highest BCUT2D eigenvalue weighted by molar-refractivity contribution is 5.94. The fourth-order valence-corrected chi connectivity index (χ4v) is 3.53. The number of aromatic hydroxyl groups is 1. The SMILES string of the molecule is C/C=C(\C=C/C(C)C(=O)NCC)n1nnc(C(=O)NC2CC2)c1CCCOc1cc(O)cc(OC)c1. The number of carbonyl (C=O) groups excluding carboxylic acids is 2. The number of amides is 2. The lowest BCUT2D eigenvalue weighted by Crippen LogP contribution is -2.27. The Kier molecular flexibility index (Phi) is 9.49. The first kappa shape index (κ1) is 26.8. The molecule has 3 N–H and O–H groups in total. The molecule has 194 valence electrons. The third-order valence-electron chi connectivity index (χ3n) is 5.68. The quantitative estimate of drug-likeness (QED) is 0.287. The highest BCUT2D eigenvalue weighted by atomic mass is 16.5. The van der Waals surface area contributed by atoms with Crippen LogP contribution >= 0.6 is 0 Å².